The Morgan fingerprint density at radius 1 is 1.43 bits per heavy atom. The second kappa shape index (κ2) is 4.49. The van der Waals surface area contributed by atoms with E-state index in [-0.39, 0.29) is 0 Å². The molecule has 0 amide bonds. The van der Waals surface area contributed by atoms with Crippen LogP contribution in [0.2, 0.25) is 0 Å². The Bertz CT molecular complexity index is 302. The van der Waals surface area contributed by atoms with Crippen LogP contribution in [-0.2, 0) is 7.05 Å². The smallest absolute Gasteiger partial charge is 0.0827 e. The maximum absolute atomic E-state index is 4.38. The van der Waals surface area contributed by atoms with E-state index in [0.717, 1.165) is 5.69 Å². The van der Waals surface area contributed by atoms with Gasteiger partial charge in [-0.2, -0.15) is 5.10 Å². The molecule has 1 rings (SSSR count). The van der Waals surface area contributed by atoms with Gasteiger partial charge in [0.1, 0.15) is 0 Å². The zero-order valence-electron chi connectivity index (χ0n) is 9.89. The van der Waals surface area contributed by atoms with Gasteiger partial charge in [0.25, 0.3) is 0 Å². The molecule has 0 saturated heterocycles. The van der Waals surface area contributed by atoms with E-state index < -0.39 is 0 Å². The SMILES string of the molecule is CCCC(C)Nc1c(C)nn(C)c1C. The maximum atomic E-state index is 4.38. The van der Waals surface area contributed by atoms with Crippen molar-refractivity contribution in [3.8, 4) is 0 Å². The normalized spacial score (nSPS) is 12.9. The fourth-order valence-corrected chi connectivity index (χ4v) is 1.73. The number of aromatic nitrogens is 2. The molecule has 0 aliphatic heterocycles. The lowest BCUT2D eigenvalue weighted by Gasteiger charge is -2.14. The van der Waals surface area contributed by atoms with Crippen molar-refractivity contribution >= 4 is 5.69 Å². The third kappa shape index (κ3) is 2.28. The molecule has 80 valence electrons. The summed E-state index contributed by atoms with van der Waals surface area (Å²) >= 11 is 0. The largest absolute Gasteiger partial charge is 0.380 e. The molecule has 14 heavy (non-hydrogen) atoms. The van der Waals surface area contributed by atoms with Gasteiger partial charge in [0.05, 0.1) is 17.1 Å². The molecule has 0 aliphatic rings. The molecule has 1 unspecified atom stereocenters. The van der Waals surface area contributed by atoms with Crippen LogP contribution >= 0.6 is 0 Å². The predicted molar refractivity (Wildman–Crippen MR) is 60.7 cm³/mol. The van der Waals surface area contributed by atoms with Gasteiger partial charge in [-0.15, -0.1) is 0 Å². The lowest BCUT2D eigenvalue weighted by atomic mass is 10.2. The van der Waals surface area contributed by atoms with Crippen LogP contribution in [0.3, 0.4) is 0 Å². The number of anilines is 1. The summed E-state index contributed by atoms with van der Waals surface area (Å²) in [5.74, 6) is 0. The van der Waals surface area contributed by atoms with Crippen LogP contribution in [0.25, 0.3) is 0 Å². The first-order valence-electron chi connectivity index (χ1n) is 5.33. The standard InChI is InChI=1S/C11H21N3/c1-6-7-8(2)12-11-9(3)13-14(5)10(11)4/h8,12H,6-7H2,1-5H3. The molecule has 0 bridgehead atoms. The highest BCUT2D eigenvalue weighted by Gasteiger charge is 2.10. The van der Waals surface area contributed by atoms with Crippen LogP contribution < -0.4 is 5.32 Å². The van der Waals surface area contributed by atoms with Gasteiger partial charge in [0, 0.05) is 13.1 Å². The summed E-state index contributed by atoms with van der Waals surface area (Å²) in [6.45, 7) is 8.57. The first-order chi connectivity index (χ1) is 6.56. The summed E-state index contributed by atoms with van der Waals surface area (Å²) < 4.78 is 1.93. The molecule has 1 aromatic heterocycles. The highest BCUT2D eigenvalue weighted by atomic mass is 15.3. The minimum absolute atomic E-state index is 0.529. The van der Waals surface area contributed by atoms with Gasteiger partial charge in [-0.05, 0) is 27.2 Å². The molecule has 0 radical (unpaired) electrons. The van der Waals surface area contributed by atoms with Gasteiger partial charge < -0.3 is 5.32 Å². The maximum Gasteiger partial charge on any atom is 0.0827 e. The Morgan fingerprint density at radius 3 is 2.50 bits per heavy atom. The van der Waals surface area contributed by atoms with E-state index in [1.165, 1.54) is 24.2 Å². The van der Waals surface area contributed by atoms with Crippen molar-refractivity contribution in [2.45, 2.75) is 46.6 Å². The van der Waals surface area contributed by atoms with Gasteiger partial charge in [0.15, 0.2) is 0 Å². The predicted octanol–water partition coefficient (Wildman–Crippen LogP) is 2.64. The summed E-state index contributed by atoms with van der Waals surface area (Å²) in [6, 6.07) is 0.529. The summed E-state index contributed by atoms with van der Waals surface area (Å²) in [7, 11) is 1.98. The Morgan fingerprint density at radius 2 is 2.07 bits per heavy atom. The molecule has 1 N–H and O–H groups in total. The lowest BCUT2D eigenvalue weighted by molar-refractivity contribution is 0.688. The minimum Gasteiger partial charge on any atom is -0.380 e. The minimum atomic E-state index is 0.529. The summed E-state index contributed by atoms with van der Waals surface area (Å²) in [4.78, 5) is 0. The van der Waals surface area contributed by atoms with E-state index in [1.807, 2.05) is 18.7 Å². The van der Waals surface area contributed by atoms with E-state index in [9.17, 15) is 0 Å². The van der Waals surface area contributed by atoms with Crippen LogP contribution in [0, 0.1) is 13.8 Å². The molecular formula is C11H21N3. The first-order valence-corrected chi connectivity index (χ1v) is 5.33. The van der Waals surface area contributed by atoms with Crippen molar-refractivity contribution in [1.29, 1.82) is 0 Å². The van der Waals surface area contributed by atoms with Gasteiger partial charge in [-0.3, -0.25) is 4.68 Å². The molecule has 0 saturated carbocycles. The van der Waals surface area contributed by atoms with Crippen molar-refractivity contribution in [3.63, 3.8) is 0 Å². The van der Waals surface area contributed by atoms with Gasteiger partial charge in [-0.1, -0.05) is 13.3 Å². The van der Waals surface area contributed by atoms with E-state index in [2.05, 4.69) is 31.2 Å². The number of nitrogens with zero attached hydrogens (tertiary/aromatic N) is 2. The molecule has 3 heteroatoms. The Hall–Kier alpha value is -0.990. The fraction of sp³-hybridized carbons (Fsp3) is 0.727. The third-order valence-corrected chi connectivity index (χ3v) is 2.62. The quantitative estimate of drug-likeness (QED) is 0.800. The van der Waals surface area contributed by atoms with Crippen molar-refractivity contribution < 1.29 is 0 Å². The summed E-state index contributed by atoms with van der Waals surface area (Å²) in [5.41, 5.74) is 3.51. The summed E-state index contributed by atoms with van der Waals surface area (Å²) in [6.07, 6.45) is 2.42. The number of rotatable bonds is 4. The molecule has 0 spiro atoms. The second-order valence-corrected chi connectivity index (χ2v) is 4.00. The monoisotopic (exact) mass is 195 g/mol. The molecular weight excluding hydrogens is 174 g/mol. The Balaban J connectivity index is 2.75. The molecule has 3 nitrogen and oxygen atoms in total. The van der Waals surface area contributed by atoms with Gasteiger partial charge in [-0.25, -0.2) is 0 Å². The molecule has 1 aromatic rings. The molecule has 0 fully saturated rings. The van der Waals surface area contributed by atoms with Gasteiger partial charge in [0.2, 0.25) is 0 Å². The molecule has 0 aliphatic carbocycles. The highest BCUT2D eigenvalue weighted by molar-refractivity contribution is 5.52. The van der Waals surface area contributed by atoms with Crippen LogP contribution in [0.1, 0.15) is 38.1 Å². The van der Waals surface area contributed by atoms with E-state index in [1.54, 1.807) is 0 Å². The van der Waals surface area contributed by atoms with Crippen LogP contribution in [-0.4, -0.2) is 15.8 Å². The average molecular weight is 195 g/mol. The van der Waals surface area contributed by atoms with Crippen molar-refractivity contribution in [2.75, 3.05) is 5.32 Å². The van der Waals surface area contributed by atoms with Crippen LogP contribution in [0.5, 0.6) is 0 Å². The third-order valence-electron chi connectivity index (χ3n) is 2.62. The first kappa shape index (κ1) is 11.1. The molecule has 0 aromatic carbocycles. The van der Waals surface area contributed by atoms with Crippen LogP contribution in [0.4, 0.5) is 5.69 Å². The van der Waals surface area contributed by atoms with Gasteiger partial charge >= 0.3 is 0 Å². The number of hydrogen-bond donors (Lipinski definition) is 1. The topological polar surface area (TPSA) is 29.9 Å². The molecule has 1 heterocycles. The molecule has 1 atom stereocenters. The van der Waals surface area contributed by atoms with E-state index in [0.29, 0.717) is 6.04 Å². The number of hydrogen-bond acceptors (Lipinski definition) is 2. The van der Waals surface area contributed by atoms with E-state index in [4.69, 9.17) is 0 Å². The Labute approximate surface area is 86.5 Å². The van der Waals surface area contributed by atoms with E-state index >= 15 is 0 Å². The average Bonchev–Trinajstić information content (AvgIpc) is 2.33. The fourth-order valence-electron chi connectivity index (χ4n) is 1.73. The van der Waals surface area contributed by atoms with Crippen molar-refractivity contribution in [3.05, 3.63) is 11.4 Å². The Kier molecular flexibility index (Phi) is 3.55. The van der Waals surface area contributed by atoms with Crippen molar-refractivity contribution in [1.82, 2.24) is 9.78 Å². The van der Waals surface area contributed by atoms with Crippen molar-refractivity contribution in [2.24, 2.45) is 7.05 Å². The zero-order chi connectivity index (χ0) is 10.7. The highest BCUT2D eigenvalue weighted by Crippen LogP contribution is 2.20. The second-order valence-electron chi connectivity index (χ2n) is 4.00. The number of aryl methyl sites for hydroxylation is 2. The lowest BCUT2D eigenvalue weighted by Crippen LogP contribution is -2.15. The number of nitrogens with one attached hydrogen (secondary N) is 1. The van der Waals surface area contributed by atoms with Crippen LogP contribution in [0.15, 0.2) is 0 Å². The zero-order valence-corrected chi connectivity index (χ0v) is 9.89. The summed E-state index contributed by atoms with van der Waals surface area (Å²) in [5, 5.41) is 7.89.